The molecular weight excluding hydrogens is 406 g/mol. The smallest absolute Gasteiger partial charge is 0.262 e. The Bertz CT molecular complexity index is 1070. The van der Waals surface area contributed by atoms with Gasteiger partial charge in [0, 0.05) is 19.6 Å². The number of benzene rings is 2. The predicted molar refractivity (Wildman–Crippen MR) is 127 cm³/mol. The van der Waals surface area contributed by atoms with Gasteiger partial charge in [-0.25, -0.2) is 4.98 Å². The molecule has 162 valence electrons. The topological polar surface area (TPSA) is 55.2 Å². The van der Waals surface area contributed by atoms with Crippen molar-refractivity contribution in [1.82, 2.24) is 14.5 Å². The van der Waals surface area contributed by atoms with E-state index < -0.39 is 0 Å². The number of carbonyl (C=O) groups is 1. The lowest BCUT2D eigenvalue weighted by Gasteiger charge is -2.20. The van der Waals surface area contributed by atoms with E-state index in [1.165, 1.54) is 30.2 Å². The number of rotatable bonds is 7. The van der Waals surface area contributed by atoms with Crippen molar-refractivity contribution in [3.8, 4) is 0 Å². The third kappa shape index (κ3) is 5.56. The Labute approximate surface area is 187 Å². The fraction of sp³-hybridized carbons (Fsp3) is 0.400. The Morgan fingerprint density at radius 2 is 1.65 bits per heavy atom. The average molecular weight is 436 g/mol. The van der Waals surface area contributed by atoms with Crippen LogP contribution in [0.2, 0.25) is 0 Å². The van der Waals surface area contributed by atoms with Crippen molar-refractivity contribution in [2.24, 2.45) is 0 Å². The van der Waals surface area contributed by atoms with Gasteiger partial charge >= 0.3 is 0 Å². The molecule has 2 aromatic carbocycles. The van der Waals surface area contributed by atoms with Crippen LogP contribution in [-0.4, -0.2) is 39.2 Å². The number of hydrogen-bond donors (Lipinski definition) is 0. The van der Waals surface area contributed by atoms with Crippen LogP contribution in [0.4, 0.5) is 0 Å². The molecule has 1 fully saturated rings. The zero-order chi connectivity index (χ0) is 21.5. The van der Waals surface area contributed by atoms with Crippen LogP contribution in [0.15, 0.2) is 64.5 Å². The van der Waals surface area contributed by atoms with Crippen LogP contribution >= 0.6 is 11.8 Å². The number of para-hydroxylation sites is 1. The van der Waals surface area contributed by atoms with Gasteiger partial charge in [0.1, 0.15) is 0 Å². The maximum Gasteiger partial charge on any atom is 0.262 e. The van der Waals surface area contributed by atoms with Crippen molar-refractivity contribution >= 4 is 28.6 Å². The summed E-state index contributed by atoms with van der Waals surface area (Å²) in [5.41, 5.74) is 1.93. The van der Waals surface area contributed by atoms with Gasteiger partial charge in [-0.05, 0) is 43.4 Å². The molecule has 1 aliphatic rings. The number of thioether (sulfide) groups is 1. The molecular formula is C25H29N3O2S. The molecule has 0 saturated carbocycles. The first kappa shape index (κ1) is 21.6. The molecule has 5 nitrogen and oxygen atoms in total. The molecule has 6 heteroatoms. The van der Waals surface area contributed by atoms with E-state index in [-0.39, 0.29) is 11.5 Å². The Balaban J connectivity index is 1.51. The minimum Gasteiger partial charge on any atom is -0.342 e. The first-order valence-electron chi connectivity index (χ1n) is 11.2. The highest BCUT2D eigenvalue weighted by atomic mass is 32.2. The third-order valence-electron chi connectivity index (χ3n) is 5.80. The highest BCUT2D eigenvalue weighted by molar-refractivity contribution is 7.99. The number of aromatic nitrogens is 2. The lowest BCUT2D eigenvalue weighted by atomic mass is 10.1. The molecule has 0 spiro atoms. The van der Waals surface area contributed by atoms with Crippen LogP contribution in [0.25, 0.3) is 10.9 Å². The van der Waals surface area contributed by atoms with E-state index in [1.54, 1.807) is 4.57 Å². The molecule has 1 amide bonds. The van der Waals surface area contributed by atoms with Crippen molar-refractivity contribution in [3.05, 3.63) is 70.5 Å². The van der Waals surface area contributed by atoms with Crippen molar-refractivity contribution in [2.75, 3.05) is 18.8 Å². The molecule has 0 atom stereocenters. The second-order valence-electron chi connectivity index (χ2n) is 8.04. The van der Waals surface area contributed by atoms with Crippen molar-refractivity contribution in [3.63, 3.8) is 0 Å². The average Bonchev–Trinajstić information content (AvgIpc) is 3.10. The first-order valence-corrected chi connectivity index (χ1v) is 12.1. The summed E-state index contributed by atoms with van der Waals surface area (Å²) in [6, 6.07) is 17.8. The summed E-state index contributed by atoms with van der Waals surface area (Å²) < 4.78 is 1.76. The number of amides is 1. The van der Waals surface area contributed by atoms with E-state index in [9.17, 15) is 9.59 Å². The summed E-state index contributed by atoms with van der Waals surface area (Å²) in [6.45, 7) is 2.27. The SMILES string of the molecule is O=C(CSc1nc2ccccc2c(=O)n1CCCc1ccccc1)N1CCCCCC1. The fourth-order valence-electron chi connectivity index (χ4n) is 4.08. The quantitative estimate of drug-likeness (QED) is 0.404. The number of fused-ring (bicyclic) bond motifs is 1. The highest BCUT2D eigenvalue weighted by Gasteiger charge is 2.18. The molecule has 4 rings (SSSR count). The van der Waals surface area contributed by atoms with Crippen molar-refractivity contribution < 1.29 is 4.79 Å². The van der Waals surface area contributed by atoms with Gasteiger partial charge in [-0.3, -0.25) is 14.2 Å². The van der Waals surface area contributed by atoms with Crippen LogP contribution in [0.5, 0.6) is 0 Å². The molecule has 3 aromatic rings. The van der Waals surface area contributed by atoms with Crippen LogP contribution in [-0.2, 0) is 17.8 Å². The molecule has 0 radical (unpaired) electrons. The molecule has 1 aromatic heterocycles. The summed E-state index contributed by atoms with van der Waals surface area (Å²) in [7, 11) is 0. The molecule has 31 heavy (non-hydrogen) atoms. The minimum absolute atomic E-state index is 0.0246. The third-order valence-corrected chi connectivity index (χ3v) is 6.76. The first-order chi connectivity index (χ1) is 15.2. The standard InChI is InChI=1S/C25H29N3O2S/c29-23(27-16-8-1-2-9-17-27)19-31-25-26-22-15-7-6-14-21(22)24(30)28(25)18-10-13-20-11-4-3-5-12-20/h3-7,11-12,14-15H,1-2,8-10,13,16-19H2. The van der Waals surface area contributed by atoms with E-state index in [0.717, 1.165) is 38.8 Å². The van der Waals surface area contributed by atoms with Gasteiger partial charge in [0.15, 0.2) is 5.16 Å². The van der Waals surface area contributed by atoms with E-state index in [4.69, 9.17) is 4.98 Å². The Morgan fingerprint density at radius 1 is 0.935 bits per heavy atom. The predicted octanol–water partition coefficient (Wildman–Crippen LogP) is 4.52. The van der Waals surface area contributed by atoms with Crippen molar-refractivity contribution in [1.29, 1.82) is 0 Å². The monoisotopic (exact) mass is 435 g/mol. The molecule has 1 aliphatic heterocycles. The maximum absolute atomic E-state index is 13.2. The van der Waals surface area contributed by atoms with Gasteiger partial charge in [0.25, 0.3) is 5.56 Å². The Kier molecular flexibility index (Phi) is 7.41. The number of nitrogens with zero attached hydrogens (tertiary/aromatic N) is 3. The molecule has 0 aliphatic carbocycles. The minimum atomic E-state index is -0.0246. The number of aryl methyl sites for hydroxylation is 1. The molecule has 1 saturated heterocycles. The zero-order valence-corrected chi connectivity index (χ0v) is 18.7. The Morgan fingerprint density at radius 3 is 2.42 bits per heavy atom. The second-order valence-corrected chi connectivity index (χ2v) is 8.98. The van der Waals surface area contributed by atoms with Gasteiger partial charge < -0.3 is 4.90 Å². The Hall–Kier alpha value is -2.60. The fourth-order valence-corrected chi connectivity index (χ4v) is 5.01. The molecule has 0 unspecified atom stereocenters. The van der Waals surface area contributed by atoms with E-state index in [0.29, 0.717) is 28.4 Å². The van der Waals surface area contributed by atoms with Gasteiger partial charge in [0.05, 0.1) is 16.7 Å². The van der Waals surface area contributed by atoms with Gasteiger partial charge in [-0.2, -0.15) is 0 Å². The van der Waals surface area contributed by atoms with E-state index in [1.807, 2.05) is 47.4 Å². The summed E-state index contributed by atoms with van der Waals surface area (Å²) in [5.74, 6) is 0.467. The second kappa shape index (κ2) is 10.6. The van der Waals surface area contributed by atoms with E-state index >= 15 is 0 Å². The number of hydrogen-bond acceptors (Lipinski definition) is 4. The summed E-state index contributed by atoms with van der Waals surface area (Å²) in [4.78, 5) is 32.7. The number of carbonyl (C=O) groups excluding carboxylic acids is 1. The van der Waals surface area contributed by atoms with E-state index in [2.05, 4.69) is 12.1 Å². The summed E-state index contributed by atoms with van der Waals surface area (Å²) in [6.07, 6.45) is 6.30. The van der Waals surface area contributed by atoms with Crippen LogP contribution in [0.3, 0.4) is 0 Å². The molecule has 0 N–H and O–H groups in total. The summed E-state index contributed by atoms with van der Waals surface area (Å²) in [5, 5.41) is 1.27. The number of likely N-dealkylation sites (tertiary alicyclic amines) is 1. The van der Waals surface area contributed by atoms with Gasteiger partial charge in [-0.15, -0.1) is 0 Å². The highest BCUT2D eigenvalue weighted by Crippen LogP contribution is 2.20. The molecule has 2 heterocycles. The molecule has 0 bridgehead atoms. The van der Waals surface area contributed by atoms with Gasteiger partial charge in [-0.1, -0.05) is 67.1 Å². The lowest BCUT2D eigenvalue weighted by molar-refractivity contribution is -0.128. The largest absolute Gasteiger partial charge is 0.342 e. The van der Waals surface area contributed by atoms with Crippen LogP contribution in [0.1, 0.15) is 37.7 Å². The maximum atomic E-state index is 13.2. The zero-order valence-electron chi connectivity index (χ0n) is 17.8. The van der Waals surface area contributed by atoms with Gasteiger partial charge in [0.2, 0.25) is 5.91 Å². The van der Waals surface area contributed by atoms with Crippen molar-refractivity contribution in [2.45, 2.75) is 50.2 Å². The summed E-state index contributed by atoms with van der Waals surface area (Å²) >= 11 is 1.39. The van der Waals surface area contributed by atoms with Crippen LogP contribution < -0.4 is 5.56 Å². The lowest BCUT2D eigenvalue weighted by Crippen LogP contribution is -2.33. The normalized spacial score (nSPS) is 14.5. The van der Waals surface area contributed by atoms with Crippen LogP contribution in [0, 0.1) is 0 Å².